The first-order valence-electron chi connectivity index (χ1n) is 1.67. The van der Waals surface area contributed by atoms with E-state index in [1.807, 2.05) is 0 Å². The third-order valence-corrected chi connectivity index (χ3v) is 12.1. The van der Waals surface area contributed by atoms with Crippen LogP contribution >= 0.6 is 29.5 Å². The van der Waals surface area contributed by atoms with Crippen molar-refractivity contribution < 1.29 is 125 Å². The molecule has 1 unspecified atom stereocenters. The SMILES string of the molecule is O=S(=O)([O-])SSSS(=O)([O-])=[Se].[K+].[K+]. The van der Waals surface area contributed by atoms with Gasteiger partial charge in [-0.25, -0.2) is 0 Å². The molecule has 0 saturated carbocycles. The number of hydrogen-bond donors (Lipinski definition) is 0. The van der Waals surface area contributed by atoms with Gasteiger partial charge in [-0.05, 0) is 0 Å². The van der Waals surface area contributed by atoms with E-state index in [9.17, 15) is 21.7 Å². The second-order valence-electron chi connectivity index (χ2n) is 1.02. The summed E-state index contributed by atoms with van der Waals surface area (Å²) in [5.41, 5.74) is 0. The molecule has 0 radical (unpaired) electrons. The third kappa shape index (κ3) is 22.5. The standard InChI is InChI=1S/2K.H2O5S5Se/c;;1-9(2,3)7-6-8-10(4,5)11/h;;(H,1,2,3)(H,4,5,11)/q2*+1;/p-2. The molecular formula is K2O5S5Se. The zero-order valence-corrected chi connectivity index (χ0v) is 18.5. The minimum Gasteiger partial charge on any atom is 1.00 e. The molecule has 0 amide bonds. The maximum Gasteiger partial charge on any atom is 1.00 e. The maximum atomic E-state index is 10.3. The van der Waals surface area contributed by atoms with Gasteiger partial charge >= 0.3 is 185 Å². The summed E-state index contributed by atoms with van der Waals surface area (Å²) in [5.74, 6) is 0. The fourth-order valence-electron chi connectivity index (χ4n) is 0.0794. The van der Waals surface area contributed by atoms with Crippen molar-refractivity contribution in [3.05, 3.63) is 0 Å². The van der Waals surface area contributed by atoms with Crippen LogP contribution in [0.15, 0.2) is 0 Å². The van der Waals surface area contributed by atoms with E-state index in [2.05, 4.69) is 0 Å². The van der Waals surface area contributed by atoms with Crippen molar-refractivity contribution in [2.24, 2.45) is 0 Å². The Labute approximate surface area is 179 Å². The summed E-state index contributed by atoms with van der Waals surface area (Å²) in [6.45, 7) is 0. The number of hydrogen-bond acceptors (Lipinski definition) is 8. The summed E-state index contributed by atoms with van der Waals surface area (Å²) in [4.78, 5) is 0. The van der Waals surface area contributed by atoms with Crippen molar-refractivity contribution in [2.75, 3.05) is 0 Å². The summed E-state index contributed by atoms with van der Waals surface area (Å²) in [6, 6.07) is 0. The molecule has 0 rings (SSSR count). The minimum atomic E-state index is -4.42. The summed E-state index contributed by atoms with van der Waals surface area (Å²) >= 11 is 1.81. The molecule has 68 valence electrons. The Hall–Kier alpha value is 4.86. The zero-order valence-electron chi connectivity index (χ0n) is 6.49. The van der Waals surface area contributed by atoms with Gasteiger partial charge in [-0.15, -0.1) is 0 Å². The van der Waals surface area contributed by atoms with Gasteiger partial charge in [0.15, 0.2) is 0 Å². The van der Waals surface area contributed by atoms with Gasteiger partial charge < -0.3 is 0 Å². The first-order valence-corrected chi connectivity index (χ1v) is 11.1. The molecular weight excluding hydrogens is 397 g/mol. The second-order valence-corrected chi connectivity index (χ2v) is 14.7. The fraction of sp³-hybridized carbons (Fsp3) is 0. The monoisotopic (exact) mass is 398 g/mol. The van der Waals surface area contributed by atoms with Gasteiger partial charge in [0.2, 0.25) is 0 Å². The van der Waals surface area contributed by atoms with Gasteiger partial charge in [0.1, 0.15) is 0 Å². The summed E-state index contributed by atoms with van der Waals surface area (Å²) in [5, 5.41) is 0. The largest absolute Gasteiger partial charge is 1.00 e. The Bertz CT molecular complexity index is 272. The van der Waals surface area contributed by atoms with Crippen LogP contribution < -0.4 is 103 Å². The van der Waals surface area contributed by atoms with Crippen LogP contribution in [0.2, 0.25) is 0 Å². The predicted molar refractivity (Wildman–Crippen MR) is 47.1 cm³/mol. The fourth-order valence-corrected chi connectivity index (χ4v) is 12.1. The van der Waals surface area contributed by atoms with E-state index in [1.54, 1.807) is 14.4 Å². The first-order chi connectivity index (χ1) is 4.71. The molecule has 13 heteroatoms. The molecule has 0 heterocycles. The van der Waals surface area contributed by atoms with Crippen LogP contribution in [-0.4, -0.2) is 36.1 Å². The third-order valence-electron chi connectivity index (χ3n) is 0.222. The van der Waals surface area contributed by atoms with Gasteiger partial charge in [0.05, 0.1) is 0 Å². The maximum absolute atomic E-state index is 10.3. The van der Waals surface area contributed by atoms with Crippen LogP contribution in [0.3, 0.4) is 0 Å². The van der Waals surface area contributed by atoms with Crippen LogP contribution in [0.25, 0.3) is 0 Å². The van der Waals surface area contributed by atoms with Gasteiger partial charge in [0, 0.05) is 0 Å². The Morgan fingerprint density at radius 2 is 1.38 bits per heavy atom. The number of rotatable bonds is 4. The van der Waals surface area contributed by atoms with Crippen LogP contribution in [0.1, 0.15) is 0 Å². The van der Waals surface area contributed by atoms with E-state index in [4.69, 9.17) is 0 Å². The van der Waals surface area contributed by atoms with E-state index in [-0.39, 0.29) is 122 Å². The van der Waals surface area contributed by atoms with Crippen molar-refractivity contribution in [3.8, 4) is 0 Å². The molecule has 0 aliphatic carbocycles. The molecule has 0 spiro atoms. The van der Waals surface area contributed by atoms with Crippen LogP contribution in [-0.2, 0) is 16.3 Å². The van der Waals surface area contributed by atoms with Gasteiger partial charge in [-0.1, -0.05) is 0 Å². The first kappa shape index (κ1) is 23.0. The van der Waals surface area contributed by atoms with Crippen molar-refractivity contribution in [1.29, 1.82) is 0 Å². The molecule has 0 N–H and O–H groups in total. The van der Waals surface area contributed by atoms with Crippen LogP contribution in [0.4, 0.5) is 0 Å². The molecule has 0 bridgehead atoms. The molecule has 0 aromatic rings. The van der Waals surface area contributed by atoms with Crippen LogP contribution in [0, 0.1) is 0 Å². The van der Waals surface area contributed by atoms with E-state index in [0.29, 0.717) is 9.83 Å². The van der Waals surface area contributed by atoms with Crippen molar-refractivity contribution >= 4 is 60.2 Å². The molecule has 13 heavy (non-hydrogen) atoms. The summed E-state index contributed by atoms with van der Waals surface area (Å²) in [6.07, 6.45) is 0. The molecule has 0 aromatic carbocycles. The average molecular weight is 397 g/mol. The van der Waals surface area contributed by atoms with Crippen molar-refractivity contribution in [1.82, 2.24) is 0 Å². The molecule has 0 aliphatic heterocycles. The summed E-state index contributed by atoms with van der Waals surface area (Å²) < 4.78 is 50.2. The second kappa shape index (κ2) is 10.8. The van der Waals surface area contributed by atoms with E-state index in [0.717, 1.165) is 0 Å². The normalized spacial score (nSPS) is 14.9. The molecule has 0 aromatic heterocycles. The summed E-state index contributed by atoms with van der Waals surface area (Å²) in [7, 11) is -7.22. The Morgan fingerprint density at radius 3 is 1.62 bits per heavy atom. The Balaban J connectivity index is -0.000000500. The van der Waals surface area contributed by atoms with Gasteiger partial charge in [0.25, 0.3) is 0 Å². The van der Waals surface area contributed by atoms with Crippen molar-refractivity contribution in [3.63, 3.8) is 0 Å². The van der Waals surface area contributed by atoms with E-state index in [1.165, 1.54) is 0 Å². The van der Waals surface area contributed by atoms with Gasteiger partial charge in [-0.2, -0.15) is 0 Å². The quantitative estimate of drug-likeness (QED) is 0.263. The smallest absolute Gasteiger partial charge is 1.00 e. The van der Waals surface area contributed by atoms with Crippen molar-refractivity contribution in [2.45, 2.75) is 0 Å². The average Bonchev–Trinajstić information content (AvgIpc) is 1.55. The Kier molecular flexibility index (Phi) is 19.0. The zero-order chi connectivity index (χ0) is 9.12. The molecule has 0 fully saturated rings. The molecule has 1 atom stereocenters. The molecule has 0 saturated heterocycles. The van der Waals surface area contributed by atoms with E-state index < -0.39 is 16.3 Å². The van der Waals surface area contributed by atoms with Gasteiger partial charge in [-0.3, -0.25) is 0 Å². The van der Waals surface area contributed by atoms with E-state index >= 15 is 0 Å². The topological polar surface area (TPSA) is 97.3 Å². The molecule has 0 aliphatic rings. The minimum absolute atomic E-state index is 0. The molecule has 5 nitrogen and oxygen atoms in total. The Morgan fingerprint density at radius 1 is 1.00 bits per heavy atom. The van der Waals surface area contributed by atoms with Crippen LogP contribution in [0.5, 0.6) is 0 Å². The predicted octanol–water partition coefficient (Wildman–Crippen LogP) is -6.10.